The van der Waals surface area contributed by atoms with Gasteiger partial charge in [-0.25, -0.2) is 0 Å². The van der Waals surface area contributed by atoms with E-state index in [9.17, 15) is 4.79 Å². The van der Waals surface area contributed by atoms with Crippen molar-refractivity contribution in [2.75, 3.05) is 0 Å². The molecule has 7 heteroatoms. The van der Waals surface area contributed by atoms with Gasteiger partial charge in [0.05, 0.1) is 23.5 Å². The Balaban J connectivity index is 2.07. The highest BCUT2D eigenvalue weighted by molar-refractivity contribution is 6.33. The minimum absolute atomic E-state index is 0.243. The molecular weight excluding hydrogens is 266 g/mol. The summed E-state index contributed by atoms with van der Waals surface area (Å²) in [6, 6.07) is 1.93. The molecule has 0 saturated carbocycles. The minimum Gasteiger partial charge on any atom is -0.345 e. The van der Waals surface area contributed by atoms with Crippen molar-refractivity contribution < 1.29 is 4.79 Å². The van der Waals surface area contributed by atoms with Gasteiger partial charge in [0.2, 0.25) is 0 Å². The molecule has 2 aromatic heterocycles. The predicted molar refractivity (Wildman–Crippen MR) is 72.0 cm³/mol. The molecule has 2 heterocycles. The monoisotopic (exact) mass is 281 g/mol. The van der Waals surface area contributed by atoms with Gasteiger partial charge in [0, 0.05) is 19.3 Å². The molecule has 102 valence electrons. The van der Waals surface area contributed by atoms with Gasteiger partial charge in [-0.1, -0.05) is 11.6 Å². The molecular formula is C12H16ClN5O. The first-order valence-corrected chi connectivity index (χ1v) is 6.39. The zero-order chi connectivity index (χ0) is 14.0. The lowest BCUT2D eigenvalue weighted by atomic mass is 10.3. The molecule has 0 aliphatic rings. The standard InChI is InChI=1S/C12H16ClN5O/c1-4-18-11(10(13)7-15-18)12(19)14-6-9-5-8(2)17(3)16-9/h5,7H,4,6H2,1-3H3,(H,14,19). The number of nitrogens with one attached hydrogen (secondary N) is 1. The summed E-state index contributed by atoms with van der Waals surface area (Å²) in [4.78, 5) is 12.1. The van der Waals surface area contributed by atoms with Crippen LogP contribution >= 0.6 is 11.6 Å². The highest BCUT2D eigenvalue weighted by atomic mass is 35.5. The van der Waals surface area contributed by atoms with Gasteiger partial charge < -0.3 is 5.32 Å². The van der Waals surface area contributed by atoms with E-state index in [0.29, 0.717) is 23.8 Å². The average molecular weight is 282 g/mol. The van der Waals surface area contributed by atoms with Crippen LogP contribution in [0.15, 0.2) is 12.3 Å². The molecule has 0 atom stereocenters. The van der Waals surface area contributed by atoms with E-state index in [1.165, 1.54) is 6.20 Å². The molecule has 0 radical (unpaired) electrons. The van der Waals surface area contributed by atoms with Gasteiger partial charge in [-0.15, -0.1) is 0 Å². The maximum atomic E-state index is 12.1. The normalized spacial score (nSPS) is 10.7. The molecule has 0 fully saturated rings. The average Bonchev–Trinajstić information content (AvgIpc) is 2.90. The van der Waals surface area contributed by atoms with E-state index >= 15 is 0 Å². The molecule has 0 unspecified atom stereocenters. The molecule has 0 bridgehead atoms. The Morgan fingerprint density at radius 3 is 2.84 bits per heavy atom. The summed E-state index contributed by atoms with van der Waals surface area (Å²) in [5, 5.41) is 11.5. The fourth-order valence-electron chi connectivity index (χ4n) is 1.80. The third-order valence-corrected chi connectivity index (χ3v) is 3.18. The molecule has 6 nitrogen and oxygen atoms in total. The van der Waals surface area contributed by atoms with Crippen LogP contribution in [0.5, 0.6) is 0 Å². The van der Waals surface area contributed by atoms with Crippen LogP contribution in [0, 0.1) is 6.92 Å². The maximum Gasteiger partial charge on any atom is 0.271 e. The minimum atomic E-state index is -0.243. The first-order chi connectivity index (χ1) is 9.02. The highest BCUT2D eigenvalue weighted by Crippen LogP contribution is 2.15. The largest absolute Gasteiger partial charge is 0.345 e. The Morgan fingerprint density at radius 1 is 1.53 bits per heavy atom. The molecule has 0 aliphatic heterocycles. The Kier molecular flexibility index (Phi) is 3.90. The Morgan fingerprint density at radius 2 is 2.26 bits per heavy atom. The van der Waals surface area contributed by atoms with Crippen molar-refractivity contribution in [1.82, 2.24) is 24.9 Å². The smallest absolute Gasteiger partial charge is 0.271 e. The molecule has 2 rings (SSSR count). The molecule has 1 amide bonds. The Hall–Kier alpha value is -1.82. The topological polar surface area (TPSA) is 64.7 Å². The SMILES string of the molecule is CCn1ncc(Cl)c1C(=O)NCc1cc(C)n(C)n1. The number of aromatic nitrogens is 4. The van der Waals surface area contributed by atoms with E-state index in [0.717, 1.165) is 11.4 Å². The van der Waals surface area contributed by atoms with Crippen molar-refractivity contribution in [3.63, 3.8) is 0 Å². The second kappa shape index (κ2) is 5.44. The lowest BCUT2D eigenvalue weighted by Crippen LogP contribution is -2.26. The van der Waals surface area contributed by atoms with Crippen LogP contribution in [0.3, 0.4) is 0 Å². The van der Waals surface area contributed by atoms with Crippen molar-refractivity contribution >= 4 is 17.5 Å². The summed E-state index contributed by atoms with van der Waals surface area (Å²) in [5.41, 5.74) is 2.24. The van der Waals surface area contributed by atoms with Gasteiger partial charge in [-0.3, -0.25) is 14.2 Å². The summed E-state index contributed by atoms with van der Waals surface area (Å²) in [6.45, 7) is 4.83. The van der Waals surface area contributed by atoms with Crippen LogP contribution < -0.4 is 5.32 Å². The maximum absolute atomic E-state index is 12.1. The van der Waals surface area contributed by atoms with E-state index in [1.54, 1.807) is 9.36 Å². The van der Waals surface area contributed by atoms with Gasteiger partial charge in [0.25, 0.3) is 5.91 Å². The second-order valence-corrected chi connectivity index (χ2v) is 4.65. The third-order valence-electron chi connectivity index (χ3n) is 2.90. The van der Waals surface area contributed by atoms with E-state index in [2.05, 4.69) is 15.5 Å². The number of hydrogen-bond donors (Lipinski definition) is 1. The Labute approximate surface area is 116 Å². The van der Waals surface area contributed by atoms with Gasteiger partial charge in [0.15, 0.2) is 0 Å². The summed E-state index contributed by atoms with van der Waals surface area (Å²) >= 11 is 5.97. The van der Waals surface area contributed by atoms with Crippen LogP contribution in [-0.2, 0) is 20.1 Å². The van der Waals surface area contributed by atoms with Gasteiger partial charge >= 0.3 is 0 Å². The molecule has 19 heavy (non-hydrogen) atoms. The number of rotatable bonds is 4. The van der Waals surface area contributed by atoms with Crippen LogP contribution in [0.2, 0.25) is 5.02 Å². The van der Waals surface area contributed by atoms with Crippen molar-refractivity contribution in [1.29, 1.82) is 0 Å². The van der Waals surface area contributed by atoms with Crippen LogP contribution in [0.25, 0.3) is 0 Å². The first-order valence-electron chi connectivity index (χ1n) is 6.02. The summed E-state index contributed by atoms with van der Waals surface area (Å²) in [6.07, 6.45) is 1.48. The van der Waals surface area contributed by atoms with Crippen LogP contribution in [-0.4, -0.2) is 25.5 Å². The van der Waals surface area contributed by atoms with E-state index in [1.807, 2.05) is 27.0 Å². The molecule has 0 spiro atoms. The van der Waals surface area contributed by atoms with E-state index in [-0.39, 0.29) is 5.91 Å². The number of carbonyl (C=O) groups is 1. The molecule has 0 saturated heterocycles. The van der Waals surface area contributed by atoms with Crippen molar-refractivity contribution in [2.24, 2.45) is 7.05 Å². The van der Waals surface area contributed by atoms with E-state index < -0.39 is 0 Å². The first kappa shape index (κ1) is 13.6. The number of nitrogens with zero attached hydrogens (tertiary/aromatic N) is 4. The Bertz CT molecular complexity index is 582. The number of carbonyl (C=O) groups excluding carboxylic acids is 1. The van der Waals surface area contributed by atoms with Gasteiger partial charge in [0.1, 0.15) is 5.69 Å². The summed E-state index contributed by atoms with van der Waals surface area (Å²) < 4.78 is 3.34. The molecule has 1 N–H and O–H groups in total. The molecule has 2 aromatic rings. The second-order valence-electron chi connectivity index (χ2n) is 4.24. The van der Waals surface area contributed by atoms with Crippen LogP contribution in [0.1, 0.15) is 28.8 Å². The predicted octanol–water partition coefficient (Wildman–Crippen LogP) is 1.53. The third kappa shape index (κ3) is 2.78. The number of hydrogen-bond acceptors (Lipinski definition) is 3. The van der Waals surface area contributed by atoms with E-state index in [4.69, 9.17) is 11.6 Å². The number of amides is 1. The summed E-state index contributed by atoms with van der Waals surface area (Å²) in [5.74, 6) is -0.243. The number of aryl methyl sites for hydroxylation is 3. The van der Waals surface area contributed by atoms with Crippen molar-refractivity contribution in [2.45, 2.75) is 26.9 Å². The summed E-state index contributed by atoms with van der Waals surface area (Å²) in [7, 11) is 1.86. The lowest BCUT2D eigenvalue weighted by molar-refractivity contribution is 0.0940. The highest BCUT2D eigenvalue weighted by Gasteiger charge is 2.16. The fourth-order valence-corrected chi connectivity index (χ4v) is 2.03. The quantitative estimate of drug-likeness (QED) is 0.924. The van der Waals surface area contributed by atoms with Crippen molar-refractivity contribution in [3.8, 4) is 0 Å². The molecule has 0 aromatic carbocycles. The molecule has 0 aliphatic carbocycles. The zero-order valence-electron chi connectivity index (χ0n) is 11.1. The lowest BCUT2D eigenvalue weighted by Gasteiger charge is -2.06. The fraction of sp³-hybridized carbons (Fsp3) is 0.417. The zero-order valence-corrected chi connectivity index (χ0v) is 11.9. The van der Waals surface area contributed by atoms with Crippen molar-refractivity contribution in [3.05, 3.63) is 34.4 Å². The van der Waals surface area contributed by atoms with Crippen LogP contribution in [0.4, 0.5) is 0 Å². The van der Waals surface area contributed by atoms with Gasteiger partial charge in [-0.2, -0.15) is 10.2 Å². The van der Waals surface area contributed by atoms with Gasteiger partial charge in [-0.05, 0) is 19.9 Å². The number of halogens is 1.